The number of ether oxygens (including phenoxy) is 1. The molecule has 0 atom stereocenters. The number of hydrogen-bond acceptors (Lipinski definition) is 4. The molecule has 0 saturated heterocycles. The topological polar surface area (TPSA) is 88.5 Å². The molecule has 0 aliphatic heterocycles. The molecule has 3 rings (SSSR count). The number of carbonyl (C=O) groups excluding carboxylic acids is 1. The van der Waals surface area contributed by atoms with Gasteiger partial charge < -0.3 is 15.2 Å². The van der Waals surface area contributed by atoms with Gasteiger partial charge in [-0.25, -0.2) is 4.39 Å². The van der Waals surface area contributed by atoms with Gasteiger partial charge in [-0.05, 0) is 67.8 Å². The highest BCUT2D eigenvalue weighted by Crippen LogP contribution is 2.26. The lowest BCUT2D eigenvalue weighted by Crippen LogP contribution is -2.29. The maximum absolute atomic E-state index is 11.4. The Morgan fingerprint density at radius 1 is 1.14 bits per heavy atom. The number of aliphatic carboxylic acids is 1. The van der Waals surface area contributed by atoms with Crippen LogP contribution in [0.5, 0.6) is 0 Å². The molecule has 1 amide bonds. The van der Waals surface area contributed by atoms with Crippen molar-refractivity contribution in [1.29, 1.82) is 0 Å². The van der Waals surface area contributed by atoms with Gasteiger partial charge in [-0.2, -0.15) is 0 Å². The SMILES string of the molecule is C/C=C/C(=C/c1ccc(C)c2nccc(C)c12)OC.C=CF.O=C(O)CNC(=O)c1c(Cl)cccc1Cl. The summed E-state index contributed by atoms with van der Waals surface area (Å²) in [7, 11) is 1.69. The van der Waals surface area contributed by atoms with Gasteiger partial charge in [0.15, 0.2) is 0 Å². The third kappa shape index (κ3) is 9.71. The van der Waals surface area contributed by atoms with Crippen LogP contribution in [0.3, 0.4) is 0 Å². The summed E-state index contributed by atoms with van der Waals surface area (Å²) in [5.74, 6) is -0.893. The first-order valence-electron chi connectivity index (χ1n) is 11.0. The second kappa shape index (κ2) is 16.1. The van der Waals surface area contributed by atoms with E-state index in [0.29, 0.717) is 0 Å². The molecule has 0 spiro atoms. The molecule has 2 N–H and O–H groups in total. The number of benzene rings is 2. The van der Waals surface area contributed by atoms with E-state index in [9.17, 15) is 14.0 Å². The molecular formula is C28H29Cl2FN2O4. The quantitative estimate of drug-likeness (QED) is 0.249. The van der Waals surface area contributed by atoms with Crippen molar-refractivity contribution in [3.63, 3.8) is 0 Å². The molecule has 2 aromatic carbocycles. The standard InChI is InChI=1S/C17H19NO.C9H7Cl2NO3.C2H3F/c1-5-6-15(19-4)11-14-8-7-13(3)17-16(14)12(2)9-10-18-17;10-5-2-1-3-6(11)8(5)9(15)12-4-7(13)14;1-2-3/h5-11H,1-4H3;1-3H,4H2,(H,12,15)(H,13,14);2H,1H2/b6-5+,15-11-;;. The highest BCUT2D eigenvalue weighted by molar-refractivity contribution is 6.39. The Hall–Kier alpha value is -3.68. The van der Waals surface area contributed by atoms with Gasteiger partial charge in [-0.3, -0.25) is 14.6 Å². The van der Waals surface area contributed by atoms with Gasteiger partial charge in [-0.1, -0.05) is 54.1 Å². The molecule has 6 nitrogen and oxygen atoms in total. The van der Waals surface area contributed by atoms with Gasteiger partial charge in [-0.15, -0.1) is 0 Å². The number of pyridine rings is 1. The van der Waals surface area contributed by atoms with Crippen molar-refractivity contribution in [3.05, 3.63) is 106 Å². The molecule has 0 bridgehead atoms. The molecule has 0 aliphatic rings. The number of amides is 1. The minimum atomic E-state index is -1.13. The van der Waals surface area contributed by atoms with Crippen LogP contribution in [-0.2, 0) is 9.53 Å². The minimum Gasteiger partial charge on any atom is -0.497 e. The average Bonchev–Trinajstić information content (AvgIpc) is 2.85. The third-order valence-corrected chi connectivity index (χ3v) is 5.42. The van der Waals surface area contributed by atoms with Gasteiger partial charge in [0, 0.05) is 11.6 Å². The van der Waals surface area contributed by atoms with E-state index in [-0.39, 0.29) is 21.9 Å². The Bertz CT molecular complexity index is 1290. The molecule has 3 aromatic rings. The Morgan fingerprint density at radius 2 is 1.76 bits per heavy atom. The molecule has 196 valence electrons. The Kier molecular flexibility index (Phi) is 13.7. The number of hydrogen-bond donors (Lipinski definition) is 2. The minimum absolute atomic E-state index is 0.0853. The number of allylic oxidation sites excluding steroid dienone is 2. The number of rotatable bonds is 6. The van der Waals surface area contributed by atoms with Crippen LogP contribution < -0.4 is 5.32 Å². The van der Waals surface area contributed by atoms with E-state index in [1.54, 1.807) is 13.2 Å². The molecule has 0 aliphatic carbocycles. The first-order valence-corrected chi connectivity index (χ1v) is 11.7. The van der Waals surface area contributed by atoms with Crippen molar-refractivity contribution in [2.45, 2.75) is 20.8 Å². The summed E-state index contributed by atoms with van der Waals surface area (Å²) in [5.41, 5.74) is 4.71. The van der Waals surface area contributed by atoms with Crippen LogP contribution in [0.4, 0.5) is 4.39 Å². The molecule has 9 heteroatoms. The zero-order valence-corrected chi connectivity index (χ0v) is 22.5. The van der Waals surface area contributed by atoms with E-state index in [4.69, 9.17) is 33.0 Å². The molecule has 0 fully saturated rings. The number of halogens is 3. The summed E-state index contributed by atoms with van der Waals surface area (Å²) < 4.78 is 15.4. The highest BCUT2D eigenvalue weighted by atomic mass is 35.5. The smallest absolute Gasteiger partial charge is 0.322 e. The Morgan fingerprint density at radius 3 is 2.30 bits per heavy atom. The lowest BCUT2D eigenvalue weighted by molar-refractivity contribution is -0.135. The fourth-order valence-corrected chi connectivity index (χ4v) is 3.74. The number of aromatic nitrogens is 1. The van der Waals surface area contributed by atoms with Crippen LogP contribution >= 0.6 is 23.2 Å². The van der Waals surface area contributed by atoms with Crippen molar-refractivity contribution in [2.24, 2.45) is 0 Å². The summed E-state index contributed by atoms with van der Waals surface area (Å²) in [5, 5.41) is 12.1. The van der Waals surface area contributed by atoms with E-state index in [1.165, 1.54) is 28.6 Å². The molecular weight excluding hydrogens is 518 g/mol. The van der Waals surface area contributed by atoms with Gasteiger partial charge in [0.2, 0.25) is 0 Å². The maximum Gasteiger partial charge on any atom is 0.322 e. The Labute approximate surface area is 226 Å². The van der Waals surface area contributed by atoms with Crippen molar-refractivity contribution < 1.29 is 23.8 Å². The van der Waals surface area contributed by atoms with Crippen LogP contribution in [0.2, 0.25) is 10.0 Å². The maximum atomic E-state index is 11.4. The van der Waals surface area contributed by atoms with E-state index in [2.05, 4.69) is 48.9 Å². The molecule has 1 heterocycles. The van der Waals surface area contributed by atoms with Crippen LogP contribution in [0, 0.1) is 13.8 Å². The van der Waals surface area contributed by atoms with Crippen LogP contribution in [0.15, 0.2) is 73.4 Å². The number of methoxy groups -OCH3 is 1. The molecule has 37 heavy (non-hydrogen) atoms. The summed E-state index contributed by atoms with van der Waals surface area (Å²) in [6, 6.07) is 10.9. The first kappa shape index (κ1) is 31.4. The average molecular weight is 547 g/mol. The Balaban J connectivity index is 0.000000343. The van der Waals surface area contributed by atoms with Gasteiger partial charge in [0.25, 0.3) is 5.91 Å². The zero-order valence-electron chi connectivity index (χ0n) is 21.0. The van der Waals surface area contributed by atoms with Crippen LogP contribution in [-0.4, -0.2) is 35.6 Å². The normalized spacial score (nSPS) is 10.6. The molecule has 0 radical (unpaired) electrons. The molecule has 0 unspecified atom stereocenters. The number of carboxylic acid groups (broad SMARTS) is 1. The largest absolute Gasteiger partial charge is 0.497 e. The van der Waals surface area contributed by atoms with E-state index in [0.717, 1.165) is 16.8 Å². The fourth-order valence-electron chi connectivity index (χ4n) is 3.17. The van der Waals surface area contributed by atoms with Crippen molar-refractivity contribution >= 4 is 52.1 Å². The van der Waals surface area contributed by atoms with Crippen LogP contribution in [0.1, 0.15) is 34.0 Å². The second-order valence-electron chi connectivity index (χ2n) is 7.40. The number of carbonyl (C=O) groups is 2. The summed E-state index contributed by atoms with van der Waals surface area (Å²) >= 11 is 11.5. The van der Waals surface area contributed by atoms with Gasteiger partial charge >= 0.3 is 5.97 Å². The molecule has 1 aromatic heterocycles. The number of carboxylic acids is 1. The van der Waals surface area contributed by atoms with Gasteiger partial charge in [0.05, 0.1) is 34.6 Å². The number of nitrogens with one attached hydrogen (secondary N) is 1. The van der Waals surface area contributed by atoms with Crippen molar-refractivity contribution in [2.75, 3.05) is 13.7 Å². The third-order valence-electron chi connectivity index (χ3n) is 4.79. The van der Waals surface area contributed by atoms with Gasteiger partial charge in [0.1, 0.15) is 12.3 Å². The summed E-state index contributed by atoms with van der Waals surface area (Å²) in [4.78, 5) is 26.2. The van der Waals surface area contributed by atoms with Crippen molar-refractivity contribution in [1.82, 2.24) is 10.3 Å². The summed E-state index contributed by atoms with van der Waals surface area (Å²) in [6.07, 6.45) is 8.09. The fraction of sp³-hybridized carbons (Fsp3) is 0.179. The van der Waals surface area contributed by atoms with E-state index >= 15 is 0 Å². The number of aryl methyl sites for hydroxylation is 2. The lowest BCUT2D eigenvalue weighted by Gasteiger charge is -2.09. The summed E-state index contributed by atoms with van der Waals surface area (Å²) in [6.45, 7) is 8.40. The predicted octanol–water partition coefficient (Wildman–Crippen LogP) is 7.32. The van der Waals surface area contributed by atoms with Crippen molar-refractivity contribution in [3.8, 4) is 0 Å². The second-order valence-corrected chi connectivity index (χ2v) is 8.22. The predicted molar refractivity (Wildman–Crippen MR) is 149 cm³/mol. The zero-order chi connectivity index (χ0) is 28.0. The number of fused-ring (bicyclic) bond motifs is 1. The molecule has 0 saturated carbocycles. The number of nitrogens with zero attached hydrogens (tertiary/aromatic N) is 1. The van der Waals surface area contributed by atoms with E-state index in [1.807, 2.05) is 31.3 Å². The lowest BCUT2D eigenvalue weighted by atomic mass is 10.00. The van der Waals surface area contributed by atoms with E-state index < -0.39 is 18.4 Å². The monoisotopic (exact) mass is 546 g/mol. The van der Waals surface area contributed by atoms with Crippen LogP contribution in [0.25, 0.3) is 17.0 Å². The highest BCUT2D eigenvalue weighted by Gasteiger charge is 2.14. The first-order chi connectivity index (χ1) is 17.6.